The van der Waals surface area contributed by atoms with E-state index in [9.17, 15) is 43.5 Å². The van der Waals surface area contributed by atoms with E-state index in [0.717, 1.165) is 109 Å². The van der Waals surface area contributed by atoms with E-state index in [0.29, 0.717) is 25.7 Å². The molecule has 0 radical (unpaired) electrons. The molecule has 0 saturated carbocycles. The van der Waals surface area contributed by atoms with Crippen LogP contribution in [0.5, 0.6) is 0 Å². The van der Waals surface area contributed by atoms with Crippen molar-refractivity contribution in [3.8, 4) is 0 Å². The first-order chi connectivity index (χ1) is 40.2. The summed E-state index contributed by atoms with van der Waals surface area (Å²) >= 11 is 0. The van der Waals surface area contributed by atoms with E-state index < -0.39 is 91.5 Å². The molecule has 0 aromatic carbocycles. The molecule has 0 aromatic heterocycles. The predicted molar refractivity (Wildman–Crippen MR) is 334 cm³/mol. The van der Waals surface area contributed by atoms with Gasteiger partial charge >= 0.3 is 33.6 Å². The fourth-order valence-electron chi connectivity index (χ4n) is 7.94. The second kappa shape index (κ2) is 58.8. The number of carbonyl (C=O) groups excluding carboxylic acids is 3. The summed E-state index contributed by atoms with van der Waals surface area (Å²) in [7, 11) is -9.79. The van der Waals surface area contributed by atoms with Crippen LogP contribution >= 0.6 is 15.6 Å². The van der Waals surface area contributed by atoms with Crippen molar-refractivity contribution >= 4 is 33.6 Å². The zero-order valence-electron chi connectivity index (χ0n) is 51.3. The van der Waals surface area contributed by atoms with Gasteiger partial charge in [0.2, 0.25) is 0 Å². The molecule has 18 heteroatoms. The molecular formula is C65H112O16P2. The van der Waals surface area contributed by atoms with Gasteiger partial charge < -0.3 is 34.2 Å². The van der Waals surface area contributed by atoms with Crippen LogP contribution in [0.4, 0.5) is 0 Å². The molecule has 0 aliphatic heterocycles. The Kier molecular flexibility index (Phi) is 56.3. The number of aliphatic hydroxyl groups excluding tert-OH is 2. The summed E-state index contributed by atoms with van der Waals surface area (Å²) in [5.74, 6) is -1.68. The van der Waals surface area contributed by atoms with Crippen LogP contribution in [0.1, 0.15) is 239 Å². The Balaban J connectivity index is 4.72. The zero-order valence-corrected chi connectivity index (χ0v) is 53.1. The van der Waals surface area contributed by atoms with Gasteiger partial charge in [0, 0.05) is 19.3 Å². The highest BCUT2D eigenvalue weighted by Crippen LogP contribution is 2.45. The third kappa shape index (κ3) is 60.0. The van der Waals surface area contributed by atoms with Gasteiger partial charge in [-0.2, -0.15) is 0 Å². The Morgan fingerprint density at radius 2 is 0.663 bits per heavy atom. The van der Waals surface area contributed by atoms with Gasteiger partial charge in [0.05, 0.1) is 26.4 Å². The zero-order chi connectivity index (χ0) is 61.0. The topological polar surface area (TPSA) is 231 Å². The fourth-order valence-corrected chi connectivity index (χ4v) is 9.52. The molecule has 0 aliphatic rings. The second-order valence-electron chi connectivity index (χ2n) is 20.8. The smallest absolute Gasteiger partial charge is 0.463 e. The summed E-state index contributed by atoms with van der Waals surface area (Å²) < 4.78 is 60.6. The number of allylic oxidation sites excluding steroid dienone is 16. The number of phosphoric ester groups is 2. The molecule has 0 aliphatic carbocycles. The van der Waals surface area contributed by atoms with Crippen molar-refractivity contribution in [3.63, 3.8) is 0 Å². The summed E-state index contributed by atoms with van der Waals surface area (Å²) in [6.07, 6.45) is 62.0. The van der Waals surface area contributed by atoms with Crippen LogP contribution < -0.4 is 0 Å². The van der Waals surface area contributed by atoms with Gasteiger partial charge in [-0.3, -0.25) is 32.5 Å². The molecule has 0 rings (SSSR count). The minimum absolute atomic E-state index is 0.0587. The summed E-state index contributed by atoms with van der Waals surface area (Å²) in [6, 6.07) is 0. The SMILES string of the molecule is CC/C=C\C/C=C\C/C=C\C/C=C\C/C=C\C/C=C\CCC(=O)OCC(O)COP(=O)(O)OCC(O)COP(=O)(O)OCC(COC(=O)CCCCCCC/C=C\CCCCCCCC)OC(=O)CCCCCCC/C=C\CCCCCC. The Morgan fingerprint density at radius 1 is 0.349 bits per heavy atom. The Hall–Kier alpha value is -3.53. The molecule has 0 aromatic rings. The largest absolute Gasteiger partial charge is 0.472 e. The number of phosphoric acid groups is 2. The predicted octanol–water partition coefficient (Wildman–Crippen LogP) is 16.7. The first kappa shape index (κ1) is 79.5. The van der Waals surface area contributed by atoms with Gasteiger partial charge in [0.1, 0.15) is 25.4 Å². The normalized spacial score (nSPS) is 15.0. The van der Waals surface area contributed by atoms with Crippen LogP contribution in [0.3, 0.4) is 0 Å². The van der Waals surface area contributed by atoms with Crippen LogP contribution in [0.2, 0.25) is 0 Å². The lowest BCUT2D eigenvalue weighted by molar-refractivity contribution is -0.161. The molecule has 0 bridgehead atoms. The van der Waals surface area contributed by atoms with Gasteiger partial charge in [-0.1, -0.05) is 208 Å². The van der Waals surface area contributed by atoms with Crippen molar-refractivity contribution in [3.05, 3.63) is 97.2 Å². The van der Waals surface area contributed by atoms with E-state index in [4.69, 9.17) is 32.3 Å². The van der Waals surface area contributed by atoms with Crippen molar-refractivity contribution in [1.29, 1.82) is 0 Å². The molecule has 16 nitrogen and oxygen atoms in total. The van der Waals surface area contributed by atoms with E-state index in [1.165, 1.54) is 64.2 Å². The number of hydrogen-bond acceptors (Lipinski definition) is 14. The standard InChI is InChI=1S/C65H112O16P2/c1-4-7-10-13-16-19-22-25-27-28-29-30-32-35-36-39-42-45-48-51-63(68)75-54-60(66)55-77-82(71,72)78-56-61(67)57-79-83(73,74)80-59-62(81-65(70)53-50-47-44-41-38-33-24-21-18-15-12-9-6-3)58-76-64(69)52-49-46-43-40-37-34-31-26-23-20-17-14-11-8-5-2/h7,10,16,19,21,24-27,29-31,35-36,42,45,60-62,66-67H,4-6,8-9,11-15,17-18,20,22-23,28,32-34,37-41,43-44,46-59H2,1-3H3,(H,71,72)(H,73,74)/b10-7-,19-16-,24-21-,27-25-,30-29-,31-26-,36-35-,45-42-. The van der Waals surface area contributed by atoms with Gasteiger partial charge in [-0.05, 0) is 109 Å². The highest BCUT2D eigenvalue weighted by Gasteiger charge is 2.29. The lowest BCUT2D eigenvalue weighted by Crippen LogP contribution is -2.30. The first-order valence-electron chi connectivity index (χ1n) is 31.5. The van der Waals surface area contributed by atoms with Crippen molar-refractivity contribution in [1.82, 2.24) is 0 Å². The van der Waals surface area contributed by atoms with Crippen LogP contribution in [-0.2, 0) is 55.8 Å². The number of ether oxygens (including phenoxy) is 3. The molecule has 0 spiro atoms. The molecule has 5 unspecified atom stereocenters. The number of hydrogen-bond donors (Lipinski definition) is 4. The quantitative estimate of drug-likeness (QED) is 0.0146. The maximum absolute atomic E-state index is 12.9. The van der Waals surface area contributed by atoms with Crippen molar-refractivity contribution in [2.24, 2.45) is 0 Å². The minimum atomic E-state index is -4.93. The van der Waals surface area contributed by atoms with Gasteiger partial charge in [-0.25, -0.2) is 9.13 Å². The van der Waals surface area contributed by atoms with E-state index in [1.807, 2.05) is 18.2 Å². The van der Waals surface area contributed by atoms with Crippen molar-refractivity contribution in [2.75, 3.05) is 39.6 Å². The number of carbonyl (C=O) groups is 3. The highest BCUT2D eigenvalue weighted by molar-refractivity contribution is 7.47. The minimum Gasteiger partial charge on any atom is -0.463 e. The van der Waals surface area contributed by atoms with Crippen LogP contribution in [-0.4, -0.2) is 95.9 Å². The van der Waals surface area contributed by atoms with Gasteiger partial charge in [0.25, 0.3) is 0 Å². The summed E-state index contributed by atoms with van der Waals surface area (Å²) in [5.41, 5.74) is 0. The van der Waals surface area contributed by atoms with Crippen LogP contribution in [0.25, 0.3) is 0 Å². The van der Waals surface area contributed by atoms with Crippen molar-refractivity contribution < 1.29 is 75.8 Å². The third-order valence-electron chi connectivity index (χ3n) is 12.8. The van der Waals surface area contributed by atoms with E-state index in [2.05, 4.69) is 99.8 Å². The second-order valence-corrected chi connectivity index (χ2v) is 23.7. The van der Waals surface area contributed by atoms with E-state index in [1.54, 1.807) is 0 Å². The average molecular weight is 1210 g/mol. The lowest BCUT2D eigenvalue weighted by atomic mass is 10.1. The Morgan fingerprint density at radius 3 is 1.10 bits per heavy atom. The number of unbranched alkanes of at least 4 members (excludes halogenated alkanes) is 20. The van der Waals surface area contributed by atoms with Gasteiger partial charge in [0.15, 0.2) is 6.10 Å². The monoisotopic (exact) mass is 1210 g/mol. The number of rotatable bonds is 59. The fraction of sp³-hybridized carbons (Fsp3) is 0.708. The summed E-state index contributed by atoms with van der Waals surface area (Å²) in [4.78, 5) is 58.1. The molecule has 83 heavy (non-hydrogen) atoms. The maximum atomic E-state index is 12.9. The first-order valence-corrected chi connectivity index (χ1v) is 34.5. The number of esters is 3. The molecule has 5 atom stereocenters. The molecule has 4 N–H and O–H groups in total. The molecule has 0 saturated heterocycles. The van der Waals surface area contributed by atoms with Crippen LogP contribution in [0, 0.1) is 0 Å². The van der Waals surface area contributed by atoms with Gasteiger partial charge in [-0.15, -0.1) is 0 Å². The maximum Gasteiger partial charge on any atom is 0.472 e. The van der Waals surface area contributed by atoms with Crippen LogP contribution in [0.15, 0.2) is 97.2 Å². The number of aliphatic hydroxyl groups is 2. The average Bonchev–Trinajstić information content (AvgIpc) is 3.46. The van der Waals surface area contributed by atoms with Crippen molar-refractivity contribution in [2.45, 2.75) is 257 Å². The highest BCUT2D eigenvalue weighted by atomic mass is 31.2. The Bertz CT molecular complexity index is 1910. The molecule has 0 heterocycles. The molecular weight excluding hydrogens is 1100 g/mol. The summed E-state index contributed by atoms with van der Waals surface area (Å²) in [5, 5.41) is 20.5. The summed E-state index contributed by atoms with van der Waals surface area (Å²) in [6.45, 7) is 2.40. The van der Waals surface area contributed by atoms with E-state index >= 15 is 0 Å². The Labute approximate surface area is 501 Å². The molecule has 478 valence electrons. The lowest BCUT2D eigenvalue weighted by Gasteiger charge is -2.21. The molecule has 0 fully saturated rings. The molecule has 0 amide bonds. The third-order valence-corrected chi connectivity index (χ3v) is 14.7. The van der Waals surface area contributed by atoms with E-state index in [-0.39, 0.29) is 19.3 Å².